The van der Waals surface area contributed by atoms with Crippen molar-refractivity contribution in [2.75, 3.05) is 20.2 Å². The van der Waals surface area contributed by atoms with Crippen LogP contribution in [0, 0.1) is 0 Å². The first-order chi connectivity index (χ1) is 9.36. The van der Waals surface area contributed by atoms with Gasteiger partial charge in [0.2, 0.25) is 11.7 Å². The van der Waals surface area contributed by atoms with Gasteiger partial charge in [-0.05, 0) is 38.1 Å². The zero-order valence-corrected chi connectivity index (χ0v) is 12.2. The summed E-state index contributed by atoms with van der Waals surface area (Å²) in [6, 6.07) is 7.70. The molecule has 1 saturated heterocycles. The number of hydrogen-bond acceptors (Lipinski definition) is 5. The molecule has 1 N–H and O–H groups in total. The summed E-state index contributed by atoms with van der Waals surface area (Å²) in [7, 11) is 1.65. The van der Waals surface area contributed by atoms with E-state index < -0.39 is 0 Å². The quantitative estimate of drug-likeness (QED) is 0.943. The van der Waals surface area contributed by atoms with E-state index in [1.165, 1.54) is 0 Å². The van der Waals surface area contributed by atoms with E-state index in [1.54, 1.807) is 7.11 Å². The fourth-order valence-electron chi connectivity index (χ4n) is 2.35. The highest BCUT2D eigenvalue weighted by Crippen LogP contribution is 2.27. The molecule has 108 valence electrons. The summed E-state index contributed by atoms with van der Waals surface area (Å²) in [5.41, 5.74) is 0.920. The van der Waals surface area contributed by atoms with Crippen molar-refractivity contribution in [3.05, 3.63) is 30.2 Å². The van der Waals surface area contributed by atoms with Crippen molar-refractivity contribution in [3.8, 4) is 17.1 Å². The molecule has 1 aliphatic heterocycles. The van der Waals surface area contributed by atoms with E-state index >= 15 is 0 Å². The highest BCUT2D eigenvalue weighted by atomic mass is 35.5. The van der Waals surface area contributed by atoms with Gasteiger partial charge < -0.3 is 14.6 Å². The molecule has 5 nitrogen and oxygen atoms in total. The normalized spacial score (nSPS) is 15.7. The van der Waals surface area contributed by atoms with E-state index in [-0.39, 0.29) is 12.4 Å². The number of nitrogens with one attached hydrogen (secondary N) is 1. The van der Waals surface area contributed by atoms with Crippen LogP contribution in [0.2, 0.25) is 0 Å². The molecule has 20 heavy (non-hydrogen) atoms. The Kier molecular flexibility index (Phi) is 4.98. The fraction of sp³-hybridized carbons (Fsp3) is 0.429. The molecule has 0 unspecified atom stereocenters. The van der Waals surface area contributed by atoms with Crippen molar-refractivity contribution >= 4 is 12.4 Å². The smallest absolute Gasteiger partial charge is 0.230 e. The third kappa shape index (κ3) is 3.11. The Balaban J connectivity index is 0.00000147. The number of methoxy groups -OCH3 is 1. The molecule has 0 saturated carbocycles. The predicted octanol–water partition coefficient (Wildman–Crippen LogP) is 2.63. The topological polar surface area (TPSA) is 60.2 Å². The van der Waals surface area contributed by atoms with Gasteiger partial charge in [0.15, 0.2) is 0 Å². The molecule has 0 atom stereocenters. The Morgan fingerprint density at radius 2 is 2.10 bits per heavy atom. The van der Waals surface area contributed by atoms with E-state index in [2.05, 4.69) is 15.5 Å². The van der Waals surface area contributed by atoms with Crippen molar-refractivity contribution in [2.24, 2.45) is 0 Å². The van der Waals surface area contributed by atoms with Crippen molar-refractivity contribution in [1.29, 1.82) is 0 Å². The van der Waals surface area contributed by atoms with Crippen LogP contribution in [0.3, 0.4) is 0 Å². The van der Waals surface area contributed by atoms with Crippen LogP contribution in [0.15, 0.2) is 28.8 Å². The van der Waals surface area contributed by atoms with Gasteiger partial charge >= 0.3 is 0 Å². The van der Waals surface area contributed by atoms with Crippen molar-refractivity contribution in [3.63, 3.8) is 0 Å². The Hall–Kier alpha value is -1.59. The van der Waals surface area contributed by atoms with Gasteiger partial charge in [-0.1, -0.05) is 17.3 Å². The number of aromatic nitrogens is 2. The molecule has 1 aromatic carbocycles. The van der Waals surface area contributed by atoms with E-state index in [4.69, 9.17) is 9.26 Å². The Morgan fingerprint density at radius 3 is 2.85 bits per heavy atom. The molecule has 0 bridgehead atoms. The monoisotopic (exact) mass is 295 g/mol. The van der Waals surface area contributed by atoms with Crippen LogP contribution in [-0.2, 0) is 0 Å². The molecule has 0 spiro atoms. The third-order valence-electron chi connectivity index (χ3n) is 3.46. The minimum atomic E-state index is 0. The lowest BCUT2D eigenvalue weighted by Crippen LogP contribution is -2.26. The summed E-state index contributed by atoms with van der Waals surface area (Å²) < 4.78 is 10.6. The first-order valence-corrected chi connectivity index (χ1v) is 6.55. The van der Waals surface area contributed by atoms with Gasteiger partial charge in [-0.25, -0.2) is 0 Å². The first-order valence-electron chi connectivity index (χ1n) is 6.55. The van der Waals surface area contributed by atoms with Gasteiger partial charge in [-0.3, -0.25) is 0 Å². The molecule has 1 aromatic heterocycles. The van der Waals surface area contributed by atoms with Gasteiger partial charge in [0, 0.05) is 11.5 Å². The average molecular weight is 296 g/mol. The molecule has 3 rings (SSSR count). The van der Waals surface area contributed by atoms with Crippen LogP contribution in [0.5, 0.6) is 5.75 Å². The first kappa shape index (κ1) is 14.8. The van der Waals surface area contributed by atoms with Gasteiger partial charge in [0.25, 0.3) is 0 Å². The zero-order chi connectivity index (χ0) is 13.1. The fourth-order valence-corrected chi connectivity index (χ4v) is 2.35. The molecule has 2 heterocycles. The number of rotatable bonds is 3. The van der Waals surface area contributed by atoms with Crippen LogP contribution in [0.4, 0.5) is 0 Å². The van der Waals surface area contributed by atoms with Crippen LogP contribution >= 0.6 is 12.4 Å². The molecule has 2 aromatic rings. The molecular weight excluding hydrogens is 278 g/mol. The molecule has 0 radical (unpaired) electrons. The lowest BCUT2D eigenvalue weighted by molar-refractivity contribution is 0.320. The lowest BCUT2D eigenvalue weighted by atomic mass is 9.98. The largest absolute Gasteiger partial charge is 0.497 e. The lowest BCUT2D eigenvalue weighted by Gasteiger charge is -2.18. The maximum atomic E-state index is 5.40. The number of nitrogens with zero attached hydrogens (tertiary/aromatic N) is 2. The SMILES string of the molecule is COc1cccc(-c2noc(C3CCNCC3)n2)c1.Cl. The predicted molar refractivity (Wildman–Crippen MR) is 78.4 cm³/mol. The number of hydrogen-bond donors (Lipinski definition) is 1. The second-order valence-corrected chi connectivity index (χ2v) is 4.71. The van der Waals surface area contributed by atoms with E-state index in [0.29, 0.717) is 11.7 Å². The molecular formula is C14H18ClN3O2. The number of ether oxygens (including phenoxy) is 1. The zero-order valence-electron chi connectivity index (χ0n) is 11.3. The second-order valence-electron chi connectivity index (χ2n) is 4.71. The van der Waals surface area contributed by atoms with Crippen LogP contribution in [0.1, 0.15) is 24.7 Å². The van der Waals surface area contributed by atoms with Crippen molar-refractivity contribution < 1.29 is 9.26 Å². The van der Waals surface area contributed by atoms with Gasteiger partial charge in [-0.2, -0.15) is 4.98 Å². The Labute approximate surface area is 124 Å². The molecule has 0 aliphatic carbocycles. The summed E-state index contributed by atoms with van der Waals surface area (Å²) in [4.78, 5) is 4.52. The van der Waals surface area contributed by atoms with E-state index in [1.807, 2.05) is 24.3 Å². The summed E-state index contributed by atoms with van der Waals surface area (Å²) in [5, 5.41) is 7.41. The van der Waals surface area contributed by atoms with E-state index in [0.717, 1.165) is 43.1 Å². The molecule has 6 heteroatoms. The summed E-state index contributed by atoms with van der Waals surface area (Å²) in [6.45, 7) is 2.03. The summed E-state index contributed by atoms with van der Waals surface area (Å²) in [6.07, 6.45) is 2.11. The van der Waals surface area contributed by atoms with Gasteiger partial charge in [-0.15, -0.1) is 12.4 Å². The highest BCUT2D eigenvalue weighted by molar-refractivity contribution is 5.85. The molecule has 1 aliphatic rings. The Bertz CT molecular complexity index is 553. The Morgan fingerprint density at radius 1 is 1.30 bits per heavy atom. The summed E-state index contributed by atoms with van der Waals surface area (Å²) in [5.74, 6) is 2.56. The van der Waals surface area contributed by atoms with Crippen LogP contribution in [-0.4, -0.2) is 30.3 Å². The highest BCUT2D eigenvalue weighted by Gasteiger charge is 2.21. The van der Waals surface area contributed by atoms with E-state index in [9.17, 15) is 0 Å². The molecule has 0 amide bonds. The maximum Gasteiger partial charge on any atom is 0.230 e. The van der Waals surface area contributed by atoms with Crippen LogP contribution in [0.25, 0.3) is 11.4 Å². The average Bonchev–Trinajstić information content (AvgIpc) is 2.98. The number of piperidine rings is 1. The van der Waals surface area contributed by atoms with Gasteiger partial charge in [0.1, 0.15) is 5.75 Å². The third-order valence-corrected chi connectivity index (χ3v) is 3.46. The number of halogens is 1. The minimum absolute atomic E-state index is 0. The van der Waals surface area contributed by atoms with Crippen LogP contribution < -0.4 is 10.1 Å². The summed E-state index contributed by atoms with van der Waals surface area (Å²) >= 11 is 0. The van der Waals surface area contributed by atoms with Crippen molar-refractivity contribution in [1.82, 2.24) is 15.5 Å². The number of benzene rings is 1. The maximum absolute atomic E-state index is 5.40. The standard InChI is InChI=1S/C14H17N3O2.ClH/c1-18-12-4-2-3-11(9-12)13-16-14(19-17-13)10-5-7-15-8-6-10;/h2-4,9-10,15H,5-8H2,1H3;1H. The van der Waals surface area contributed by atoms with Gasteiger partial charge in [0.05, 0.1) is 7.11 Å². The minimum Gasteiger partial charge on any atom is -0.497 e. The second kappa shape index (κ2) is 6.72. The van der Waals surface area contributed by atoms with Crippen molar-refractivity contribution in [2.45, 2.75) is 18.8 Å². The molecule has 1 fully saturated rings.